The molecule has 5 nitrogen and oxygen atoms in total. The van der Waals surface area contributed by atoms with Gasteiger partial charge in [0.2, 0.25) is 0 Å². The van der Waals surface area contributed by atoms with Crippen LogP contribution in [0.2, 0.25) is 0 Å². The Morgan fingerprint density at radius 1 is 1.26 bits per heavy atom. The van der Waals surface area contributed by atoms with Crippen LogP contribution in [-0.4, -0.2) is 35.9 Å². The molecule has 0 radical (unpaired) electrons. The van der Waals surface area contributed by atoms with Gasteiger partial charge in [-0.05, 0) is 44.5 Å². The highest BCUT2D eigenvalue weighted by Gasteiger charge is 2.45. The summed E-state index contributed by atoms with van der Waals surface area (Å²) in [6.45, 7) is 4.13. The summed E-state index contributed by atoms with van der Waals surface area (Å²) in [7, 11) is 0. The first-order valence-corrected chi connectivity index (χ1v) is 8.26. The Morgan fingerprint density at radius 3 is 2.33 bits per heavy atom. The minimum atomic E-state index is -4.44. The number of carbonyl (C=O) groups excluding carboxylic acids is 2. The van der Waals surface area contributed by atoms with Crippen LogP contribution in [-0.2, 0) is 25.2 Å². The van der Waals surface area contributed by atoms with Crippen molar-refractivity contribution < 1.29 is 37.3 Å². The highest BCUT2D eigenvalue weighted by molar-refractivity contribution is 5.96. The number of hydrogen-bond acceptors (Lipinski definition) is 5. The van der Waals surface area contributed by atoms with Gasteiger partial charge in [-0.1, -0.05) is 12.1 Å². The smallest absolute Gasteiger partial charge is 0.416 e. The summed E-state index contributed by atoms with van der Waals surface area (Å²) in [4.78, 5) is 24.0. The van der Waals surface area contributed by atoms with E-state index in [-0.39, 0.29) is 18.6 Å². The molecular weight excluding hydrogens is 365 g/mol. The minimum Gasteiger partial charge on any atom is -0.461 e. The topological polar surface area (TPSA) is 72.8 Å². The number of alkyl halides is 3. The second kappa shape index (κ2) is 7.34. The van der Waals surface area contributed by atoms with Crippen molar-refractivity contribution in [2.24, 2.45) is 5.41 Å². The normalized spacial score (nSPS) is 22.0. The molecule has 8 heteroatoms. The number of halogens is 3. The first-order valence-electron chi connectivity index (χ1n) is 8.26. The number of benzene rings is 1. The van der Waals surface area contributed by atoms with Crippen LogP contribution in [0.5, 0.6) is 0 Å². The van der Waals surface area contributed by atoms with Crippen LogP contribution in [0.25, 0.3) is 6.08 Å². The lowest BCUT2D eigenvalue weighted by molar-refractivity contribution is -0.171. The van der Waals surface area contributed by atoms with Gasteiger partial charge < -0.3 is 14.6 Å². The summed E-state index contributed by atoms with van der Waals surface area (Å²) in [5.74, 6) is -1.22. The number of esters is 2. The molecule has 1 aromatic rings. The summed E-state index contributed by atoms with van der Waals surface area (Å²) >= 11 is 0. The van der Waals surface area contributed by atoms with Gasteiger partial charge in [0.15, 0.2) is 5.60 Å². The predicted octanol–water partition coefficient (Wildman–Crippen LogP) is 3.36. The molecule has 0 bridgehead atoms. The van der Waals surface area contributed by atoms with Crippen LogP contribution >= 0.6 is 0 Å². The molecule has 1 unspecified atom stereocenters. The van der Waals surface area contributed by atoms with E-state index in [1.807, 2.05) is 0 Å². The van der Waals surface area contributed by atoms with Crippen LogP contribution in [0.1, 0.15) is 38.3 Å². The predicted molar refractivity (Wildman–Crippen MR) is 90.4 cm³/mol. The Balaban J connectivity index is 2.14. The number of ether oxygens (including phenoxy) is 2. The number of rotatable bonds is 4. The van der Waals surface area contributed by atoms with Crippen molar-refractivity contribution in [2.45, 2.75) is 39.0 Å². The third-order valence-corrected chi connectivity index (χ3v) is 4.03. The Bertz CT molecular complexity index is 744. The van der Waals surface area contributed by atoms with Gasteiger partial charge >= 0.3 is 18.1 Å². The Kier molecular flexibility index (Phi) is 5.70. The van der Waals surface area contributed by atoms with E-state index < -0.39 is 41.3 Å². The summed E-state index contributed by atoms with van der Waals surface area (Å²) < 4.78 is 48.2. The molecular formula is C19H21F3O5. The molecule has 0 spiro atoms. The second-order valence-electron chi connectivity index (χ2n) is 7.52. The van der Waals surface area contributed by atoms with Crippen LogP contribution in [0.4, 0.5) is 13.2 Å². The molecule has 0 aliphatic carbocycles. The Morgan fingerprint density at radius 2 is 1.85 bits per heavy atom. The number of aliphatic hydroxyl groups is 1. The molecule has 1 aliphatic rings. The van der Waals surface area contributed by atoms with E-state index in [1.165, 1.54) is 18.2 Å². The molecule has 1 atom stereocenters. The highest BCUT2D eigenvalue weighted by Crippen LogP contribution is 2.34. The standard InChI is InChI=1S/C19H21F3O5/c1-17(2,3)16(25)26-11-18(10-23)9-13(15(24)27-18)8-12-4-6-14(7-5-12)19(20,21)22/h4-8,23H,9-11H2,1-3H3/b13-8+. The van der Waals surface area contributed by atoms with Crippen molar-refractivity contribution in [3.8, 4) is 0 Å². The minimum absolute atomic E-state index is 0.0270. The van der Waals surface area contributed by atoms with E-state index in [0.717, 1.165) is 12.1 Å². The zero-order chi connectivity index (χ0) is 20.5. The first-order chi connectivity index (χ1) is 12.4. The lowest BCUT2D eigenvalue weighted by atomic mass is 9.96. The van der Waals surface area contributed by atoms with Gasteiger partial charge in [-0.25, -0.2) is 4.79 Å². The molecule has 1 N–H and O–H groups in total. The maximum absolute atomic E-state index is 12.6. The van der Waals surface area contributed by atoms with Crippen molar-refractivity contribution in [2.75, 3.05) is 13.2 Å². The highest BCUT2D eigenvalue weighted by atomic mass is 19.4. The monoisotopic (exact) mass is 386 g/mol. The van der Waals surface area contributed by atoms with Crippen molar-refractivity contribution in [1.82, 2.24) is 0 Å². The third-order valence-electron chi connectivity index (χ3n) is 4.03. The SMILES string of the molecule is CC(C)(C)C(=O)OCC1(CO)C/C(=C\c2ccc(C(F)(F)F)cc2)C(=O)O1. The number of aliphatic hydroxyl groups excluding tert-OH is 1. The molecule has 27 heavy (non-hydrogen) atoms. The molecule has 0 aromatic heterocycles. The lowest BCUT2D eigenvalue weighted by Gasteiger charge is -2.26. The van der Waals surface area contributed by atoms with Crippen molar-refractivity contribution in [3.05, 3.63) is 41.0 Å². The zero-order valence-electron chi connectivity index (χ0n) is 15.2. The van der Waals surface area contributed by atoms with Crippen LogP contribution in [0.15, 0.2) is 29.8 Å². The maximum atomic E-state index is 12.6. The molecule has 2 rings (SSSR count). The number of cyclic esters (lactones) is 1. The summed E-state index contributed by atoms with van der Waals surface area (Å²) in [6.07, 6.45) is -3.08. The quantitative estimate of drug-likeness (QED) is 0.635. The van der Waals surface area contributed by atoms with E-state index in [9.17, 15) is 27.9 Å². The van der Waals surface area contributed by atoms with Crippen molar-refractivity contribution in [1.29, 1.82) is 0 Å². The van der Waals surface area contributed by atoms with Gasteiger partial charge in [-0.2, -0.15) is 13.2 Å². The lowest BCUT2D eigenvalue weighted by Crippen LogP contribution is -2.40. The van der Waals surface area contributed by atoms with E-state index in [1.54, 1.807) is 20.8 Å². The molecule has 0 amide bonds. The van der Waals surface area contributed by atoms with Crippen LogP contribution < -0.4 is 0 Å². The van der Waals surface area contributed by atoms with Crippen LogP contribution in [0.3, 0.4) is 0 Å². The largest absolute Gasteiger partial charge is 0.461 e. The van der Waals surface area contributed by atoms with E-state index in [0.29, 0.717) is 5.56 Å². The average molecular weight is 386 g/mol. The zero-order valence-corrected chi connectivity index (χ0v) is 15.2. The second-order valence-corrected chi connectivity index (χ2v) is 7.52. The fourth-order valence-corrected chi connectivity index (χ4v) is 2.42. The fraction of sp³-hybridized carbons (Fsp3) is 0.474. The summed E-state index contributed by atoms with van der Waals surface area (Å²) in [5, 5.41) is 9.64. The van der Waals surface area contributed by atoms with Crippen LogP contribution in [0, 0.1) is 5.41 Å². The van der Waals surface area contributed by atoms with Crippen molar-refractivity contribution in [3.63, 3.8) is 0 Å². The molecule has 0 saturated carbocycles. The van der Waals surface area contributed by atoms with Gasteiger partial charge in [0.25, 0.3) is 0 Å². The molecule has 1 fully saturated rings. The van der Waals surface area contributed by atoms with Gasteiger partial charge in [-0.15, -0.1) is 0 Å². The summed E-state index contributed by atoms with van der Waals surface area (Å²) in [5.41, 5.74) is -2.38. The van der Waals surface area contributed by atoms with E-state index in [4.69, 9.17) is 9.47 Å². The Hall–Kier alpha value is -2.35. The average Bonchev–Trinajstić information content (AvgIpc) is 2.88. The van der Waals surface area contributed by atoms with E-state index in [2.05, 4.69) is 0 Å². The Labute approximate surface area is 154 Å². The van der Waals surface area contributed by atoms with E-state index >= 15 is 0 Å². The molecule has 1 aliphatic heterocycles. The molecule has 148 valence electrons. The van der Waals surface area contributed by atoms with Gasteiger partial charge in [0.1, 0.15) is 6.61 Å². The number of carbonyl (C=O) groups is 2. The fourth-order valence-electron chi connectivity index (χ4n) is 2.42. The summed E-state index contributed by atoms with van der Waals surface area (Å²) in [6, 6.07) is 4.30. The first kappa shape index (κ1) is 21.0. The van der Waals surface area contributed by atoms with Crippen molar-refractivity contribution >= 4 is 18.0 Å². The van der Waals surface area contributed by atoms with Gasteiger partial charge in [0.05, 0.1) is 17.6 Å². The molecule has 1 aromatic carbocycles. The molecule has 1 saturated heterocycles. The maximum Gasteiger partial charge on any atom is 0.416 e. The van der Waals surface area contributed by atoms with Gasteiger partial charge in [0, 0.05) is 12.0 Å². The van der Waals surface area contributed by atoms with Gasteiger partial charge in [-0.3, -0.25) is 4.79 Å². The third kappa shape index (κ3) is 5.09. The number of hydrogen-bond donors (Lipinski definition) is 1. The molecule has 1 heterocycles.